The highest BCUT2D eigenvalue weighted by Gasteiger charge is 2.45. The van der Waals surface area contributed by atoms with Crippen LogP contribution in [0, 0.1) is 6.92 Å². The molecule has 1 fully saturated rings. The molecule has 1 aliphatic rings. The molecule has 1 saturated carbocycles. The number of nitrogens with two attached hydrogens (primary N) is 1. The van der Waals surface area contributed by atoms with Gasteiger partial charge in [0.2, 0.25) is 0 Å². The van der Waals surface area contributed by atoms with Crippen molar-refractivity contribution in [2.45, 2.75) is 25.3 Å². The Kier molecular flexibility index (Phi) is 1.74. The predicted molar refractivity (Wildman–Crippen MR) is 51.7 cm³/mol. The van der Waals surface area contributed by atoms with Crippen molar-refractivity contribution in [1.82, 2.24) is 0 Å². The Morgan fingerprint density at radius 2 is 1.85 bits per heavy atom. The van der Waals surface area contributed by atoms with Crippen LogP contribution in [0.2, 0.25) is 0 Å². The maximum Gasteiger partial charge on any atom is 0.182 e. The average Bonchev–Trinajstić information content (AvgIpc) is 2.85. The van der Waals surface area contributed by atoms with E-state index in [1.807, 2.05) is 31.2 Å². The Morgan fingerprint density at radius 3 is 2.31 bits per heavy atom. The minimum atomic E-state index is -0.532. The topological polar surface area (TPSA) is 43.1 Å². The number of aryl methyl sites for hydroxylation is 1. The van der Waals surface area contributed by atoms with Crippen molar-refractivity contribution in [2.24, 2.45) is 5.73 Å². The third-order valence-corrected chi connectivity index (χ3v) is 2.55. The Balaban J connectivity index is 2.26. The number of rotatable bonds is 2. The Labute approximate surface area is 77.8 Å². The van der Waals surface area contributed by atoms with Crippen molar-refractivity contribution in [3.8, 4) is 0 Å². The van der Waals surface area contributed by atoms with Gasteiger partial charge in [0.1, 0.15) is 0 Å². The van der Waals surface area contributed by atoms with Crippen LogP contribution in [0.15, 0.2) is 24.3 Å². The van der Waals surface area contributed by atoms with Crippen LogP contribution >= 0.6 is 0 Å². The zero-order valence-electron chi connectivity index (χ0n) is 7.71. The van der Waals surface area contributed by atoms with E-state index in [0.717, 1.165) is 18.4 Å². The first-order chi connectivity index (χ1) is 6.12. The summed E-state index contributed by atoms with van der Waals surface area (Å²) in [6.45, 7) is 2.00. The quantitative estimate of drug-likeness (QED) is 0.695. The number of benzene rings is 1. The van der Waals surface area contributed by atoms with Crippen molar-refractivity contribution in [1.29, 1.82) is 0 Å². The lowest BCUT2D eigenvalue weighted by Gasteiger charge is -2.06. The lowest BCUT2D eigenvalue weighted by molar-refractivity contribution is 0.0949. The monoisotopic (exact) mass is 175 g/mol. The molecule has 0 aliphatic heterocycles. The molecule has 2 rings (SSSR count). The van der Waals surface area contributed by atoms with E-state index in [1.54, 1.807) is 0 Å². The van der Waals surface area contributed by atoms with Crippen LogP contribution in [0.25, 0.3) is 0 Å². The van der Waals surface area contributed by atoms with Crippen LogP contribution in [0.3, 0.4) is 0 Å². The van der Waals surface area contributed by atoms with Gasteiger partial charge < -0.3 is 5.73 Å². The highest BCUT2D eigenvalue weighted by Crippen LogP contribution is 2.35. The smallest absolute Gasteiger partial charge is 0.182 e. The molecule has 2 heteroatoms. The summed E-state index contributed by atoms with van der Waals surface area (Å²) in [5, 5.41) is 0. The highest BCUT2D eigenvalue weighted by atomic mass is 16.1. The van der Waals surface area contributed by atoms with Crippen molar-refractivity contribution < 1.29 is 4.79 Å². The molecule has 0 spiro atoms. The van der Waals surface area contributed by atoms with Crippen molar-refractivity contribution >= 4 is 5.78 Å². The molecule has 0 amide bonds. The van der Waals surface area contributed by atoms with Gasteiger partial charge in [-0.2, -0.15) is 0 Å². The maximum absolute atomic E-state index is 11.7. The number of Topliss-reactive ketones (excluding diaryl/α,β-unsaturated/α-hetero) is 1. The molecule has 2 nitrogen and oxygen atoms in total. The van der Waals surface area contributed by atoms with E-state index >= 15 is 0 Å². The fraction of sp³-hybridized carbons (Fsp3) is 0.364. The fourth-order valence-electron chi connectivity index (χ4n) is 1.35. The molecule has 0 saturated heterocycles. The normalized spacial score (nSPS) is 18.3. The summed E-state index contributed by atoms with van der Waals surface area (Å²) in [7, 11) is 0. The van der Waals surface area contributed by atoms with E-state index in [0.29, 0.717) is 0 Å². The van der Waals surface area contributed by atoms with E-state index < -0.39 is 5.54 Å². The minimum absolute atomic E-state index is 0.0903. The molecule has 0 aromatic heterocycles. The molecule has 1 aromatic carbocycles. The van der Waals surface area contributed by atoms with E-state index in [4.69, 9.17) is 5.73 Å². The first-order valence-corrected chi connectivity index (χ1v) is 4.52. The van der Waals surface area contributed by atoms with E-state index in [2.05, 4.69) is 0 Å². The van der Waals surface area contributed by atoms with E-state index in [9.17, 15) is 4.79 Å². The molecular weight excluding hydrogens is 162 g/mol. The number of carbonyl (C=O) groups is 1. The third kappa shape index (κ3) is 1.49. The van der Waals surface area contributed by atoms with Crippen molar-refractivity contribution in [3.05, 3.63) is 35.4 Å². The summed E-state index contributed by atoms with van der Waals surface area (Å²) >= 11 is 0. The number of hydrogen-bond donors (Lipinski definition) is 1. The maximum atomic E-state index is 11.7. The van der Waals surface area contributed by atoms with Crippen LogP contribution in [0.4, 0.5) is 0 Å². The molecule has 1 aromatic rings. The molecule has 68 valence electrons. The average molecular weight is 175 g/mol. The van der Waals surface area contributed by atoms with Gasteiger partial charge in [-0.05, 0) is 19.8 Å². The second kappa shape index (κ2) is 2.67. The predicted octanol–water partition coefficient (Wildman–Crippen LogP) is 1.67. The van der Waals surface area contributed by atoms with Crippen LogP contribution in [-0.4, -0.2) is 11.3 Å². The first kappa shape index (κ1) is 8.45. The fourth-order valence-corrected chi connectivity index (χ4v) is 1.35. The summed E-state index contributed by atoms with van der Waals surface area (Å²) < 4.78 is 0. The Hall–Kier alpha value is -1.15. The summed E-state index contributed by atoms with van der Waals surface area (Å²) in [5.74, 6) is 0.0903. The molecule has 0 unspecified atom stereocenters. The molecule has 0 atom stereocenters. The Morgan fingerprint density at radius 1 is 1.31 bits per heavy atom. The largest absolute Gasteiger partial charge is 0.319 e. The van der Waals surface area contributed by atoms with E-state index in [1.165, 1.54) is 5.56 Å². The summed E-state index contributed by atoms with van der Waals surface area (Å²) in [4.78, 5) is 11.7. The number of carbonyl (C=O) groups excluding carboxylic acids is 1. The summed E-state index contributed by atoms with van der Waals surface area (Å²) in [5.41, 5.74) is 7.18. The van der Waals surface area contributed by atoms with Gasteiger partial charge in [-0.15, -0.1) is 0 Å². The van der Waals surface area contributed by atoms with E-state index in [-0.39, 0.29) is 5.78 Å². The van der Waals surface area contributed by atoms with Crippen LogP contribution in [-0.2, 0) is 0 Å². The standard InChI is InChI=1S/C11H13NO/c1-8-2-4-9(5-3-8)10(13)11(12)6-7-11/h2-5H,6-7,12H2,1H3. The molecule has 2 N–H and O–H groups in total. The van der Waals surface area contributed by atoms with Crippen molar-refractivity contribution in [3.63, 3.8) is 0 Å². The number of hydrogen-bond acceptors (Lipinski definition) is 2. The molecule has 0 bridgehead atoms. The molecule has 13 heavy (non-hydrogen) atoms. The van der Waals surface area contributed by atoms with Crippen LogP contribution in [0.5, 0.6) is 0 Å². The number of ketones is 1. The minimum Gasteiger partial charge on any atom is -0.319 e. The van der Waals surface area contributed by atoms with Gasteiger partial charge in [0.05, 0.1) is 5.54 Å². The highest BCUT2D eigenvalue weighted by molar-refractivity contribution is 6.05. The third-order valence-electron chi connectivity index (χ3n) is 2.55. The van der Waals surface area contributed by atoms with Gasteiger partial charge in [0.15, 0.2) is 5.78 Å². The molecule has 0 radical (unpaired) electrons. The summed E-state index contributed by atoms with van der Waals surface area (Å²) in [6, 6.07) is 7.59. The van der Waals surface area contributed by atoms with Gasteiger partial charge >= 0.3 is 0 Å². The van der Waals surface area contributed by atoms with Crippen LogP contribution in [0.1, 0.15) is 28.8 Å². The lowest BCUT2D eigenvalue weighted by atomic mass is 10.0. The van der Waals surface area contributed by atoms with Gasteiger partial charge in [-0.25, -0.2) is 0 Å². The zero-order chi connectivity index (χ0) is 9.47. The van der Waals surface area contributed by atoms with Gasteiger partial charge in [0, 0.05) is 5.56 Å². The Bertz CT molecular complexity index is 336. The van der Waals surface area contributed by atoms with Gasteiger partial charge in [-0.1, -0.05) is 29.8 Å². The summed E-state index contributed by atoms with van der Waals surface area (Å²) in [6.07, 6.45) is 1.67. The molecular formula is C11H13NO. The lowest BCUT2D eigenvalue weighted by Crippen LogP contribution is -2.32. The SMILES string of the molecule is Cc1ccc(C(=O)C2(N)CC2)cc1. The molecule has 0 heterocycles. The van der Waals surface area contributed by atoms with Gasteiger partial charge in [-0.3, -0.25) is 4.79 Å². The van der Waals surface area contributed by atoms with Crippen LogP contribution < -0.4 is 5.73 Å². The zero-order valence-corrected chi connectivity index (χ0v) is 7.71. The first-order valence-electron chi connectivity index (χ1n) is 4.52. The van der Waals surface area contributed by atoms with Crippen molar-refractivity contribution in [2.75, 3.05) is 0 Å². The second-order valence-electron chi connectivity index (χ2n) is 3.85. The molecule has 1 aliphatic carbocycles. The second-order valence-corrected chi connectivity index (χ2v) is 3.85. The van der Waals surface area contributed by atoms with Gasteiger partial charge in [0.25, 0.3) is 0 Å².